The average Bonchev–Trinajstić information content (AvgIpc) is 2.62. The van der Waals surface area contributed by atoms with Gasteiger partial charge in [-0.25, -0.2) is 9.78 Å². The molecule has 0 atom stereocenters. The van der Waals surface area contributed by atoms with Gasteiger partial charge in [0.25, 0.3) is 5.88 Å². The largest absolute Gasteiger partial charge is 0.491 e. The van der Waals surface area contributed by atoms with Crippen molar-refractivity contribution in [1.29, 1.82) is 5.26 Å². The molecule has 26 heavy (non-hydrogen) atoms. The fourth-order valence-electron chi connectivity index (χ4n) is 2.34. The summed E-state index contributed by atoms with van der Waals surface area (Å²) in [5, 5.41) is 14.8. The molecule has 134 valence electrons. The minimum Gasteiger partial charge on any atom is -0.491 e. The Labute approximate surface area is 155 Å². The third-order valence-corrected chi connectivity index (χ3v) is 3.80. The molecule has 0 spiro atoms. The van der Waals surface area contributed by atoms with Crippen molar-refractivity contribution in [2.24, 2.45) is 0 Å². The number of halogens is 1. The Morgan fingerprint density at radius 2 is 1.96 bits per heavy atom. The van der Waals surface area contributed by atoms with Crippen LogP contribution in [0.3, 0.4) is 0 Å². The van der Waals surface area contributed by atoms with E-state index in [1.54, 1.807) is 18.2 Å². The Kier molecular flexibility index (Phi) is 5.71. The molecule has 2 N–H and O–H groups in total. The third kappa shape index (κ3) is 4.52. The number of hydrogen-bond donors (Lipinski definition) is 2. The number of rotatable bonds is 0. The second kappa shape index (κ2) is 8.36. The Bertz CT molecular complexity index is 853. The van der Waals surface area contributed by atoms with Crippen LogP contribution in [0.1, 0.15) is 25.0 Å². The number of urea groups is 1. The van der Waals surface area contributed by atoms with Gasteiger partial charge in [-0.1, -0.05) is 11.6 Å². The highest BCUT2D eigenvalue weighted by Gasteiger charge is 2.13. The summed E-state index contributed by atoms with van der Waals surface area (Å²) in [6, 6.07) is 6.38. The first-order chi connectivity index (χ1) is 12.7. The normalized spacial score (nSPS) is 14.8. The van der Waals surface area contributed by atoms with Crippen molar-refractivity contribution in [3.63, 3.8) is 0 Å². The maximum Gasteiger partial charge on any atom is 0.325 e. The number of amides is 2. The highest BCUT2D eigenvalue weighted by atomic mass is 35.5. The quantitative estimate of drug-likeness (QED) is 0.730. The Hall–Kier alpha value is -3.05. The van der Waals surface area contributed by atoms with Crippen LogP contribution in [0.4, 0.5) is 16.3 Å². The van der Waals surface area contributed by atoms with Crippen LogP contribution in [-0.4, -0.2) is 29.2 Å². The van der Waals surface area contributed by atoms with E-state index < -0.39 is 6.03 Å². The molecule has 9 heteroatoms. The van der Waals surface area contributed by atoms with Crippen LogP contribution in [0.15, 0.2) is 24.4 Å². The predicted octanol–water partition coefficient (Wildman–Crippen LogP) is 3.59. The van der Waals surface area contributed by atoms with E-state index in [2.05, 4.69) is 20.6 Å². The van der Waals surface area contributed by atoms with E-state index in [4.69, 9.17) is 26.3 Å². The average molecular weight is 374 g/mol. The summed E-state index contributed by atoms with van der Waals surface area (Å²) in [5.41, 5.74) is 0.517. The number of carbonyl (C=O) groups is 1. The fraction of sp³-hybridized carbons (Fsp3) is 0.294. The van der Waals surface area contributed by atoms with Gasteiger partial charge in [0.05, 0.1) is 25.1 Å². The van der Waals surface area contributed by atoms with Gasteiger partial charge in [0.1, 0.15) is 11.8 Å². The number of aromatic nitrogens is 2. The van der Waals surface area contributed by atoms with Gasteiger partial charge in [-0.15, -0.1) is 0 Å². The van der Waals surface area contributed by atoms with Crippen molar-refractivity contribution >= 4 is 29.1 Å². The van der Waals surface area contributed by atoms with Crippen molar-refractivity contribution in [1.82, 2.24) is 9.97 Å². The monoisotopic (exact) mass is 373 g/mol. The maximum absolute atomic E-state index is 12.3. The Balaban J connectivity index is 1.87. The number of fused-ring (bicyclic) bond motifs is 3. The number of benzene rings is 1. The van der Waals surface area contributed by atoms with Crippen molar-refractivity contribution in [2.75, 3.05) is 23.8 Å². The molecule has 2 amide bonds. The van der Waals surface area contributed by atoms with E-state index in [1.165, 1.54) is 6.20 Å². The zero-order valence-electron chi connectivity index (χ0n) is 13.8. The molecule has 0 saturated heterocycles. The van der Waals surface area contributed by atoms with Crippen molar-refractivity contribution in [3.05, 3.63) is 35.1 Å². The molecule has 1 aromatic heterocycles. The number of hydrogen-bond acceptors (Lipinski definition) is 6. The summed E-state index contributed by atoms with van der Waals surface area (Å²) in [7, 11) is 0. The molecular formula is C17H16ClN5O3. The minimum absolute atomic E-state index is 0.0701. The lowest BCUT2D eigenvalue weighted by Crippen LogP contribution is -2.21. The third-order valence-electron chi connectivity index (χ3n) is 3.56. The summed E-state index contributed by atoms with van der Waals surface area (Å²) >= 11 is 6.01. The molecule has 1 aromatic carbocycles. The Morgan fingerprint density at radius 1 is 1.15 bits per heavy atom. The standard InChI is InChI=1S/C17H16ClN5O3/c18-11-4-5-14-12(8-11)21-17(24)23-15-10-20-13(9-19)16(22-15)26-7-3-1-2-6-25-14/h4-5,8,10H,1-3,6-7H2,(H2,21,22,23,24). The first kappa shape index (κ1) is 17.8. The zero-order chi connectivity index (χ0) is 18.4. The number of carbonyl (C=O) groups excluding carboxylic acids is 1. The molecule has 1 aliphatic heterocycles. The molecule has 0 radical (unpaired) electrons. The lowest BCUT2D eigenvalue weighted by atomic mass is 10.2. The van der Waals surface area contributed by atoms with E-state index in [-0.39, 0.29) is 17.4 Å². The number of nitrogens with zero attached hydrogens (tertiary/aromatic N) is 3. The molecule has 2 heterocycles. The maximum atomic E-state index is 12.3. The summed E-state index contributed by atoms with van der Waals surface area (Å²) in [6.07, 6.45) is 3.76. The summed E-state index contributed by atoms with van der Waals surface area (Å²) < 4.78 is 11.3. The smallest absolute Gasteiger partial charge is 0.325 e. The molecule has 2 aromatic rings. The Morgan fingerprint density at radius 3 is 2.77 bits per heavy atom. The molecule has 0 unspecified atom stereocenters. The first-order valence-corrected chi connectivity index (χ1v) is 8.44. The summed E-state index contributed by atoms with van der Waals surface area (Å²) in [4.78, 5) is 20.4. The number of anilines is 2. The van der Waals surface area contributed by atoms with E-state index in [0.29, 0.717) is 29.7 Å². The number of ether oxygens (including phenoxy) is 2. The number of nitriles is 1. The summed E-state index contributed by atoms with van der Waals surface area (Å²) in [5.74, 6) is 0.790. The lowest BCUT2D eigenvalue weighted by molar-refractivity contribution is 0.261. The van der Waals surface area contributed by atoms with E-state index in [1.807, 2.05) is 6.07 Å². The zero-order valence-corrected chi connectivity index (χ0v) is 14.5. The van der Waals surface area contributed by atoms with Gasteiger partial charge in [0.2, 0.25) is 5.69 Å². The van der Waals surface area contributed by atoms with Crippen LogP contribution in [0.25, 0.3) is 0 Å². The SMILES string of the molecule is N#Cc1ncc2nc1OCCCCCOc1ccc(Cl)cc1NC(=O)N2. The van der Waals surface area contributed by atoms with Crippen molar-refractivity contribution in [3.8, 4) is 17.7 Å². The highest BCUT2D eigenvalue weighted by Crippen LogP contribution is 2.28. The second-order valence-corrected chi connectivity index (χ2v) is 5.93. The number of nitrogens with one attached hydrogen (secondary N) is 2. The van der Waals surface area contributed by atoms with Gasteiger partial charge in [0, 0.05) is 5.02 Å². The topological polar surface area (TPSA) is 109 Å². The van der Waals surface area contributed by atoms with Gasteiger partial charge >= 0.3 is 6.03 Å². The molecular weight excluding hydrogens is 358 g/mol. The molecule has 0 fully saturated rings. The van der Waals surface area contributed by atoms with Crippen LogP contribution >= 0.6 is 11.6 Å². The van der Waals surface area contributed by atoms with Gasteiger partial charge in [0.15, 0.2) is 5.82 Å². The van der Waals surface area contributed by atoms with E-state index >= 15 is 0 Å². The molecule has 3 rings (SSSR count). The highest BCUT2D eigenvalue weighted by molar-refractivity contribution is 6.31. The van der Waals surface area contributed by atoms with Crippen LogP contribution in [0.2, 0.25) is 5.02 Å². The lowest BCUT2D eigenvalue weighted by Gasteiger charge is -2.13. The molecule has 0 aliphatic carbocycles. The minimum atomic E-state index is -0.544. The van der Waals surface area contributed by atoms with Crippen molar-refractivity contribution < 1.29 is 14.3 Å². The predicted molar refractivity (Wildman–Crippen MR) is 95.7 cm³/mol. The van der Waals surface area contributed by atoms with E-state index in [9.17, 15) is 4.79 Å². The fourth-order valence-corrected chi connectivity index (χ4v) is 2.51. The molecule has 1 aliphatic rings. The summed E-state index contributed by atoms with van der Waals surface area (Å²) in [6.45, 7) is 0.889. The van der Waals surface area contributed by atoms with Crippen LogP contribution in [0, 0.1) is 11.3 Å². The van der Waals surface area contributed by atoms with Crippen LogP contribution in [-0.2, 0) is 0 Å². The second-order valence-electron chi connectivity index (χ2n) is 5.50. The van der Waals surface area contributed by atoms with Gasteiger partial charge in [-0.3, -0.25) is 5.32 Å². The van der Waals surface area contributed by atoms with E-state index in [0.717, 1.165) is 19.3 Å². The molecule has 2 bridgehead atoms. The first-order valence-electron chi connectivity index (χ1n) is 8.06. The molecule has 0 saturated carbocycles. The molecule has 8 nitrogen and oxygen atoms in total. The van der Waals surface area contributed by atoms with Gasteiger partial charge in [-0.05, 0) is 37.5 Å². The van der Waals surface area contributed by atoms with Gasteiger partial charge < -0.3 is 14.8 Å². The van der Waals surface area contributed by atoms with Crippen LogP contribution in [0.5, 0.6) is 11.6 Å². The van der Waals surface area contributed by atoms with Gasteiger partial charge in [-0.2, -0.15) is 10.2 Å². The van der Waals surface area contributed by atoms with Crippen LogP contribution < -0.4 is 20.1 Å². The van der Waals surface area contributed by atoms with Crippen molar-refractivity contribution in [2.45, 2.75) is 19.3 Å².